The van der Waals surface area contributed by atoms with Gasteiger partial charge in [-0.25, -0.2) is 13.2 Å². The van der Waals surface area contributed by atoms with Gasteiger partial charge in [0.05, 0.1) is 16.5 Å². The van der Waals surface area contributed by atoms with Gasteiger partial charge in [0.25, 0.3) is 0 Å². The van der Waals surface area contributed by atoms with Crippen LogP contribution in [0.3, 0.4) is 0 Å². The second-order valence-corrected chi connectivity index (χ2v) is 12.2. The maximum Gasteiger partial charge on any atom is 0.417 e. The Morgan fingerprint density at radius 1 is 1.03 bits per heavy atom. The number of aryl methyl sites for hydroxylation is 1. The third kappa shape index (κ3) is 6.25. The first kappa shape index (κ1) is 28.6. The lowest BCUT2D eigenvalue weighted by Crippen LogP contribution is -2.53. The highest BCUT2D eigenvalue weighted by atomic mass is 32.2. The standard InChI is InChI=1S/C28H30F3N3O4S/c1-19-17-32-13-12-22(19)20-8-7-9-21(16-20)24-18-33(26(35)38-27(2,3)4)14-15-34(24)39(36,37)25-11-6-5-10-23(25)28(29,30)31/h5-13,16-17,24H,14-15,18H2,1-4H3. The fourth-order valence-electron chi connectivity index (χ4n) is 4.58. The Kier molecular flexibility index (Phi) is 7.77. The van der Waals surface area contributed by atoms with Crippen molar-refractivity contribution in [1.82, 2.24) is 14.2 Å². The van der Waals surface area contributed by atoms with E-state index in [1.807, 2.05) is 19.1 Å². The highest BCUT2D eigenvalue weighted by molar-refractivity contribution is 7.89. The summed E-state index contributed by atoms with van der Waals surface area (Å²) in [6.45, 7) is 6.71. The number of halogens is 3. The van der Waals surface area contributed by atoms with Crippen LogP contribution in [0.15, 0.2) is 71.9 Å². The van der Waals surface area contributed by atoms with Crippen molar-refractivity contribution in [3.8, 4) is 11.1 Å². The molecule has 2 aromatic carbocycles. The van der Waals surface area contributed by atoms with Crippen LogP contribution in [0.1, 0.15) is 43.5 Å². The van der Waals surface area contributed by atoms with Gasteiger partial charge >= 0.3 is 12.3 Å². The predicted molar refractivity (Wildman–Crippen MR) is 140 cm³/mol. The number of carbonyl (C=O) groups is 1. The normalized spacial score (nSPS) is 17.2. The zero-order valence-electron chi connectivity index (χ0n) is 22.1. The van der Waals surface area contributed by atoms with Crippen LogP contribution in [0.2, 0.25) is 0 Å². The number of rotatable bonds is 4. The summed E-state index contributed by atoms with van der Waals surface area (Å²) in [5.74, 6) is 0. The lowest BCUT2D eigenvalue weighted by atomic mass is 9.97. The second-order valence-electron chi connectivity index (χ2n) is 10.4. The first-order valence-corrected chi connectivity index (χ1v) is 13.8. The van der Waals surface area contributed by atoms with Crippen molar-refractivity contribution in [1.29, 1.82) is 0 Å². The van der Waals surface area contributed by atoms with Crippen LogP contribution in [-0.4, -0.2) is 53.9 Å². The number of nitrogens with zero attached hydrogens (tertiary/aromatic N) is 3. The number of aromatic nitrogens is 1. The minimum Gasteiger partial charge on any atom is -0.444 e. The van der Waals surface area contributed by atoms with Crippen molar-refractivity contribution in [2.75, 3.05) is 19.6 Å². The van der Waals surface area contributed by atoms with Crippen molar-refractivity contribution in [3.63, 3.8) is 0 Å². The minimum absolute atomic E-state index is 0.0397. The van der Waals surface area contributed by atoms with E-state index in [-0.39, 0.29) is 19.6 Å². The van der Waals surface area contributed by atoms with Crippen LogP contribution >= 0.6 is 0 Å². The second kappa shape index (κ2) is 10.6. The van der Waals surface area contributed by atoms with Gasteiger partial charge in [0.15, 0.2) is 0 Å². The van der Waals surface area contributed by atoms with Gasteiger partial charge in [-0.15, -0.1) is 0 Å². The number of alkyl halides is 3. The molecule has 1 aliphatic heterocycles. The van der Waals surface area contributed by atoms with Gasteiger partial charge in [0.2, 0.25) is 10.0 Å². The van der Waals surface area contributed by atoms with Crippen molar-refractivity contribution >= 4 is 16.1 Å². The molecule has 0 saturated carbocycles. The third-order valence-corrected chi connectivity index (χ3v) is 8.33. The summed E-state index contributed by atoms with van der Waals surface area (Å²) in [6, 6.07) is 12.1. The largest absolute Gasteiger partial charge is 0.444 e. The van der Waals surface area contributed by atoms with Crippen LogP contribution < -0.4 is 0 Å². The first-order valence-electron chi connectivity index (χ1n) is 12.4. The molecule has 1 unspecified atom stereocenters. The Morgan fingerprint density at radius 3 is 2.41 bits per heavy atom. The van der Waals surface area contributed by atoms with E-state index in [1.165, 1.54) is 11.0 Å². The summed E-state index contributed by atoms with van der Waals surface area (Å²) >= 11 is 0. The Morgan fingerprint density at radius 2 is 1.74 bits per heavy atom. The van der Waals surface area contributed by atoms with Gasteiger partial charge in [-0.05, 0) is 74.2 Å². The molecule has 1 atom stereocenters. The van der Waals surface area contributed by atoms with Crippen LogP contribution in [0.4, 0.5) is 18.0 Å². The van der Waals surface area contributed by atoms with Crippen LogP contribution in [-0.2, 0) is 20.9 Å². The molecular weight excluding hydrogens is 531 g/mol. The molecule has 1 aliphatic rings. The number of pyridine rings is 1. The first-order chi connectivity index (χ1) is 18.2. The number of amides is 1. The molecule has 7 nitrogen and oxygen atoms in total. The van der Waals surface area contributed by atoms with Gasteiger partial charge in [-0.2, -0.15) is 17.5 Å². The van der Waals surface area contributed by atoms with Gasteiger partial charge in [0.1, 0.15) is 5.60 Å². The van der Waals surface area contributed by atoms with Crippen molar-refractivity contribution in [2.24, 2.45) is 0 Å². The molecule has 0 N–H and O–H groups in total. The molecule has 1 fully saturated rings. The van der Waals surface area contributed by atoms with Gasteiger partial charge in [-0.3, -0.25) is 4.98 Å². The molecule has 1 saturated heterocycles. The van der Waals surface area contributed by atoms with E-state index in [0.29, 0.717) is 5.56 Å². The average molecular weight is 562 g/mol. The Hall–Kier alpha value is -3.44. The molecule has 1 amide bonds. The van der Waals surface area contributed by atoms with E-state index in [2.05, 4.69) is 4.98 Å². The van der Waals surface area contributed by atoms with E-state index in [1.54, 1.807) is 51.4 Å². The highest BCUT2D eigenvalue weighted by Gasteiger charge is 2.43. The summed E-state index contributed by atoms with van der Waals surface area (Å²) in [5, 5.41) is 0. The summed E-state index contributed by atoms with van der Waals surface area (Å²) in [4.78, 5) is 17.6. The fourth-order valence-corrected chi connectivity index (χ4v) is 6.39. The number of hydrogen-bond acceptors (Lipinski definition) is 5. The summed E-state index contributed by atoms with van der Waals surface area (Å²) in [6.07, 6.45) is -2.14. The van der Waals surface area contributed by atoms with Crippen LogP contribution in [0, 0.1) is 6.92 Å². The smallest absolute Gasteiger partial charge is 0.417 e. The number of benzene rings is 2. The molecule has 0 spiro atoms. The third-order valence-electron chi connectivity index (χ3n) is 6.36. The van der Waals surface area contributed by atoms with E-state index < -0.39 is 44.4 Å². The van der Waals surface area contributed by atoms with Crippen LogP contribution in [0.25, 0.3) is 11.1 Å². The predicted octanol–water partition coefficient (Wildman–Crippen LogP) is 6.06. The van der Waals surface area contributed by atoms with Crippen molar-refractivity contribution in [3.05, 3.63) is 83.7 Å². The minimum atomic E-state index is -4.86. The summed E-state index contributed by atoms with van der Waals surface area (Å²) < 4.78 is 75.7. The molecule has 208 valence electrons. The topological polar surface area (TPSA) is 79.8 Å². The number of hydrogen-bond donors (Lipinski definition) is 0. The number of sulfonamides is 1. The maximum atomic E-state index is 13.8. The van der Waals surface area contributed by atoms with Gasteiger partial charge in [-0.1, -0.05) is 30.3 Å². The fraction of sp³-hybridized carbons (Fsp3) is 0.357. The molecule has 1 aromatic heterocycles. The number of piperazine rings is 1. The number of ether oxygens (including phenoxy) is 1. The lowest BCUT2D eigenvalue weighted by Gasteiger charge is -2.41. The maximum absolute atomic E-state index is 13.8. The highest BCUT2D eigenvalue weighted by Crippen LogP contribution is 2.39. The molecule has 11 heteroatoms. The Balaban J connectivity index is 1.80. The average Bonchev–Trinajstić information content (AvgIpc) is 2.87. The molecule has 4 rings (SSSR count). The Labute approximate surface area is 226 Å². The molecule has 0 aliphatic carbocycles. The van der Waals surface area contributed by atoms with Gasteiger partial charge in [0, 0.05) is 32.0 Å². The molecule has 2 heterocycles. The van der Waals surface area contributed by atoms with E-state index in [4.69, 9.17) is 4.74 Å². The molecule has 39 heavy (non-hydrogen) atoms. The van der Waals surface area contributed by atoms with Crippen molar-refractivity contribution < 1.29 is 31.1 Å². The van der Waals surface area contributed by atoms with Crippen molar-refractivity contribution in [2.45, 2.75) is 50.4 Å². The lowest BCUT2D eigenvalue weighted by molar-refractivity contribution is -0.139. The molecular formula is C28H30F3N3O4S. The quantitative estimate of drug-likeness (QED) is 0.387. The molecule has 0 radical (unpaired) electrons. The van der Waals surface area contributed by atoms with Crippen LogP contribution in [0.5, 0.6) is 0 Å². The number of carbonyl (C=O) groups excluding carboxylic acids is 1. The summed E-state index contributed by atoms with van der Waals surface area (Å²) in [5.41, 5.74) is 1.08. The monoisotopic (exact) mass is 561 g/mol. The van der Waals surface area contributed by atoms with E-state index in [0.717, 1.165) is 39.2 Å². The Bertz CT molecular complexity index is 1470. The summed E-state index contributed by atoms with van der Waals surface area (Å²) in [7, 11) is -4.62. The molecule has 0 bridgehead atoms. The van der Waals surface area contributed by atoms with Gasteiger partial charge < -0.3 is 9.64 Å². The van der Waals surface area contributed by atoms with E-state index in [9.17, 15) is 26.4 Å². The SMILES string of the molecule is Cc1cnccc1-c1cccc(C2CN(C(=O)OC(C)(C)C)CCN2S(=O)(=O)c2ccccc2C(F)(F)F)c1. The zero-order chi connectivity index (χ0) is 28.6. The van der Waals surface area contributed by atoms with E-state index >= 15 is 0 Å². The zero-order valence-corrected chi connectivity index (χ0v) is 22.9. The molecule has 3 aromatic rings.